The second-order valence-corrected chi connectivity index (χ2v) is 10.7. The van der Waals surface area contributed by atoms with E-state index in [0.717, 1.165) is 6.42 Å². The van der Waals surface area contributed by atoms with Crippen LogP contribution in [0.4, 0.5) is 0 Å². The fourth-order valence-corrected chi connectivity index (χ4v) is 4.23. The van der Waals surface area contributed by atoms with E-state index < -0.39 is 8.07 Å². The minimum absolute atomic E-state index is 0.0608. The third-order valence-electron chi connectivity index (χ3n) is 2.92. The molecule has 2 atom stereocenters. The highest BCUT2D eigenvalue weighted by Crippen LogP contribution is 2.39. The number of carbonyl (C=O) groups is 1. The first-order chi connectivity index (χ1) is 6.46. The quantitative estimate of drug-likeness (QED) is 0.399. The number of unbranched alkanes of at least 4 members (excludes halogenated alkanes) is 2. The van der Waals surface area contributed by atoms with E-state index in [0.29, 0.717) is 0 Å². The van der Waals surface area contributed by atoms with Crippen LogP contribution in [0.25, 0.3) is 0 Å². The lowest BCUT2D eigenvalue weighted by molar-refractivity contribution is -0.170. The fraction of sp³-hybridized carbons (Fsp3) is 0.909. The molecule has 2 nitrogen and oxygen atoms in total. The van der Waals surface area contributed by atoms with Crippen LogP contribution in [-0.2, 0) is 9.53 Å². The molecule has 1 fully saturated rings. The van der Waals surface area contributed by atoms with Gasteiger partial charge in [0.05, 0.1) is 13.6 Å². The minimum Gasteiger partial charge on any atom is -0.462 e. The van der Waals surface area contributed by atoms with Crippen molar-refractivity contribution in [3.63, 3.8) is 0 Å². The van der Waals surface area contributed by atoms with Gasteiger partial charge < -0.3 is 4.74 Å². The average Bonchev–Trinajstić information content (AvgIpc) is 1.99. The second-order valence-electron chi connectivity index (χ2n) is 5.31. The standard InChI is InChI=1S/C11H22O2Si/c1-5-6-7-8-9-10(11(12)13-9)14(2,3)4/h9-10H,5-8H2,1-4H3. The first-order valence-corrected chi connectivity index (χ1v) is 9.25. The molecule has 1 aliphatic rings. The molecule has 1 rings (SSSR count). The Labute approximate surface area is 88.0 Å². The van der Waals surface area contributed by atoms with Gasteiger partial charge in [-0.2, -0.15) is 0 Å². The van der Waals surface area contributed by atoms with E-state index in [2.05, 4.69) is 26.6 Å². The number of hydrogen-bond acceptors (Lipinski definition) is 2. The van der Waals surface area contributed by atoms with Gasteiger partial charge in [-0.15, -0.1) is 0 Å². The highest BCUT2D eigenvalue weighted by atomic mass is 28.3. The molecule has 0 saturated carbocycles. The van der Waals surface area contributed by atoms with Gasteiger partial charge in [-0.3, -0.25) is 4.79 Å². The molecule has 2 unspecified atom stereocenters. The topological polar surface area (TPSA) is 26.3 Å². The molecule has 0 aromatic heterocycles. The number of esters is 1. The SMILES string of the molecule is CCCCCC1OC(=O)C1[Si](C)(C)C. The summed E-state index contributed by atoms with van der Waals surface area (Å²) >= 11 is 0. The van der Waals surface area contributed by atoms with Crippen LogP contribution >= 0.6 is 0 Å². The summed E-state index contributed by atoms with van der Waals surface area (Å²) < 4.78 is 5.22. The van der Waals surface area contributed by atoms with Crippen molar-refractivity contribution in [1.29, 1.82) is 0 Å². The Bertz CT molecular complexity index is 208. The second kappa shape index (κ2) is 4.47. The van der Waals surface area contributed by atoms with Gasteiger partial charge in [-0.1, -0.05) is 39.4 Å². The molecule has 0 aliphatic carbocycles. The maximum atomic E-state index is 11.3. The maximum Gasteiger partial charge on any atom is 0.310 e. The first-order valence-electron chi connectivity index (χ1n) is 5.67. The van der Waals surface area contributed by atoms with Gasteiger partial charge in [-0.05, 0) is 12.8 Å². The normalized spacial score (nSPS) is 27.0. The van der Waals surface area contributed by atoms with E-state index in [1.807, 2.05) is 0 Å². The van der Waals surface area contributed by atoms with Crippen LogP contribution in [0.1, 0.15) is 32.6 Å². The Balaban J connectivity index is 2.37. The Hall–Kier alpha value is -0.313. The van der Waals surface area contributed by atoms with Crippen LogP contribution < -0.4 is 0 Å². The average molecular weight is 214 g/mol. The summed E-state index contributed by atoms with van der Waals surface area (Å²) in [5.41, 5.74) is 0.263. The summed E-state index contributed by atoms with van der Waals surface area (Å²) in [6.45, 7) is 8.96. The predicted octanol–water partition coefficient (Wildman–Crippen LogP) is 3.20. The van der Waals surface area contributed by atoms with Crippen molar-refractivity contribution in [2.45, 2.75) is 63.9 Å². The van der Waals surface area contributed by atoms with Crippen LogP contribution in [0.2, 0.25) is 25.2 Å². The van der Waals surface area contributed by atoms with Gasteiger partial charge in [0.25, 0.3) is 0 Å². The number of ether oxygens (including phenoxy) is 1. The number of rotatable bonds is 5. The van der Waals surface area contributed by atoms with E-state index in [9.17, 15) is 4.79 Å². The summed E-state index contributed by atoms with van der Waals surface area (Å²) in [5.74, 6) is 0.0608. The van der Waals surface area contributed by atoms with Gasteiger partial charge in [0.1, 0.15) is 6.10 Å². The molecular weight excluding hydrogens is 192 g/mol. The lowest BCUT2D eigenvalue weighted by Crippen LogP contribution is -2.52. The number of carbonyl (C=O) groups excluding carboxylic acids is 1. The smallest absolute Gasteiger partial charge is 0.310 e. The zero-order chi connectivity index (χ0) is 10.8. The minimum atomic E-state index is -1.33. The molecule has 0 N–H and O–H groups in total. The van der Waals surface area contributed by atoms with Crippen LogP contribution in [0, 0.1) is 0 Å². The van der Waals surface area contributed by atoms with Gasteiger partial charge in [0.15, 0.2) is 0 Å². The lowest BCUT2D eigenvalue weighted by atomic mass is 10.0. The summed E-state index contributed by atoms with van der Waals surface area (Å²) in [7, 11) is -1.33. The molecule has 0 aromatic carbocycles. The summed E-state index contributed by atoms with van der Waals surface area (Å²) in [4.78, 5) is 11.3. The molecular formula is C11H22O2Si. The van der Waals surface area contributed by atoms with Gasteiger partial charge in [-0.25, -0.2) is 0 Å². The Kier molecular flexibility index (Phi) is 3.76. The molecule has 1 saturated heterocycles. The fourth-order valence-electron chi connectivity index (χ4n) is 2.10. The number of hydrogen-bond donors (Lipinski definition) is 0. The van der Waals surface area contributed by atoms with Gasteiger partial charge >= 0.3 is 5.97 Å². The first kappa shape index (κ1) is 11.8. The third kappa shape index (κ3) is 2.59. The van der Waals surface area contributed by atoms with Crippen molar-refractivity contribution < 1.29 is 9.53 Å². The van der Waals surface area contributed by atoms with Gasteiger partial charge in [0, 0.05) is 0 Å². The summed E-state index contributed by atoms with van der Waals surface area (Å²) in [5, 5.41) is 0. The molecule has 1 aliphatic heterocycles. The zero-order valence-electron chi connectivity index (χ0n) is 9.80. The molecule has 1 heterocycles. The van der Waals surface area contributed by atoms with E-state index in [1.54, 1.807) is 0 Å². The molecule has 82 valence electrons. The molecule has 0 radical (unpaired) electrons. The van der Waals surface area contributed by atoms with E-state index in [-0.39, 0.29) is 17.6 Å². The largest absolute Gasteiger partial charge is 0.462 e. The van der Waals surface area contributed by atoms with Crippen molar-refractivity contribution in [1.82, 2.24) is 0 Å². The van der Waals surface area contributed by atoms with E-state index >= 15 is 0 Å². The highest BCUT2D eigenvalue weighted by molar-refractivity contribution is 6.81. The zero-order valence-corrected chi connectivity index (χ0v) is 10.8. The van der Waals surface area contributed by atoms with Crippen LogP contribution in [0.15, 0.2) is 0 Å². The molecule has 0 aromatic rings. The monoisotopic (exact) mass is 214 g/mol. The van der Waals surface area contributed by atoms with Crippen molar-refractivity contribution in [3.05, 3.63) is 0 Å². The van der Waals surface area contributed by atoms with Crippen molar-refractivity contribution in [2.75, 3.05) is 0 Å². The predicted molar refractivity (Wildman–Crippen MR) is 61.1 cm³/mol. The number of cyclic esters (lactones) is 1. The van der Waals surface area contributed by atoms with Crippen LogP contribution in [0.5, 0.6) is 0 Å². The molecule has 0 spiro atoms. The van der Waals surface area contributed by atoms with Crippen molar-refractivity contribution in [2.24, 2.45) is 0 Å². The van der Waals surface area contributed by atoms with Crippen molar-refractivity contribution >= 4 is 14.0 Å². The Morgan fingerprint density at radius 2 is 1.93 bits per heavy atom. The molecule has 0 bridgehead atoms. The molecule has 0 amide bonds. The van der Waals surface area contributed by atoms with Crippen LogP contribution in [-0.4, -0.2) is 20.1 Å². The van der Waals surface area contributed by atoms with Gasteiger partial charge in [0.2, 0.25) is 0 Å². The van der Waals surface area contributed by atoms with Crippen molar-refractivity contribution in [3.8, 4) is 0 Å². The Morgan fingerprint density at radius 1 is 1.29 bits per heavy atom. The highest BCUT2D eigenvalue weighted by Gasteiger charge is 2.49. The summed E-state index contributed by atoms with van der Waals surface area (Å²) in [6.07, 6.45) is 5.02. The molecule has 14 heavy (non-hydrogen) atoms. The third-order valence-corrected chi connectivity index (χ3v) is 5.39. The molecule has 3 heteroatoms. The Morgan fingerprint density at radius 3 is 2.36 bits per heavy atom. The van der Waals surface area contributed by atoms with Crippen LogP contribution in [0.3, 0.4) is 0 Å². The maximum absolute atomic E-state index is 11.3. The van der Waals surface area contributed by atoms with E-state index in [1.165, 1.54) is 19.3 Å². The summed E-state index contributed by atoms with van der Waals surface area (Å²) in [6, 6.07) is 0. The van der Waals surface area contributed by atoms with E-state index in [4.69, 9.17) is 4.74 Å². The lowest BCUT2D eigenvalue weighted by Gasteiger charge is -2.42.